The second kappa shape index (κ2) is 6.50. The third kappa shape index (κ3) is 3.35. The van der Waals surface area contributed by atoms with Crippen LogP contribution in [0.1, 0.15) is 36.2 Å². The zero-order valence-electron chi connectivity index (χ0n) is 12.3. The van der Waals surface area contributed by atoms with Crippen LogP contribution in [0.15, 0.2) is 0 Å². The number of nitrogens with one attached hydrogen (secondary N) is 1. The monoisotopic (exact) mass is 266 g/mol. The van der Waals surface area contributed by atoms with Gasteiger partial charge in [0.05, 0.1) is 5.69 Å². The summed E-state index contributed by atoms with van der Waals surface area (Å²) in [6.45, 7) is 5.96. The molecule has 1 atom stereocenters. The highest BCUT2D eigenvalue weighted by molar-refractivity contribution is 5.24. The SMILES string of the molecule is Cc1nn(C)c(C)c1CCC(NN)C1CCOCC1. The summed E-state index contributed by atoms with van der Waals surface area (Å²) in [6.07, 6.45) is 4.33. The highest BCUT2D eigenvalue weighted by Gasteiger charge is 2.23. The van der Waals surface area contributed by atoms with Crippen molar-refractivity contribution in [1.82, 2.24) is 15.2 Å². The number of rotatable bonds is 5. The van der Waals surface area contributed by atoms with Crippen LogP contribution in [0.25, 0.3) is 0 Å². The Balaban J connectivity index is 1.95. The number of nitrogens with two attached hydrogens (primary N) is 1. The quantitative estimate of drug-likeness (QED) is 0.621. The minimum atomic E-state index is 0.378. The van der Waals surface area contributed by atoms with E-state index in [1.165, 1.54) is 11.3 Å². The fourth-order valence-corrected chi connectivity index (χ4v) is 3.05. The maximum absolute atomic E-state index is 5.74. The van der Waals surface area contributed by atoms with Crippen LogP contribution in [0.2, 0.25) is 0 Å². The zero-order chi connectivity index (χ0) is 13.8. The first-order valence-corrected chi connectivity index (χ1v) is 7.16. The van der Waals surface area contributed by atoms with E-state index in [2.05, 4.69) is 24.4 Å². The largest absolute Gasteiger partial charge is 0.381 e. The lowest BCUT2D eigenvalue weighted by molar-refractivity contribution is 0.0526. The number of nitrogens with zero attached hydrogens (tertiary/aromatic N) is 2. The van der Waals surface area contributed by atoms with Crippen LogP contribution in [-0.2, 0) is 18.2 Å². The Hall–Kier alpha value is -0.910. The van der Waals surface area contributed by atoms with Crippen molar-refractivity contribution in [3.8, 4) is 0 Å². The van der Waals surface area contributed by atoms with E-state index in [0.717, 1.165) is 44.6 Å². The standard InChI is InChI=1S/C14H26N4O/c1-10-13(11(2)18(3)17-10)4-5-14(16-15)12-6-8-19-9-7-12/h12,14,16H,4-9,15H2,1-3H3. The number of hydrogen-bond donors (Lipinski definition) is 2. The average molecular weight is 266 g/mol. The molecule has 1 fully saturated rings. The minimum absolute atomic E-state index is 0.378. The van der Waals surface area contributed by atoms with Crippen LogP contribution in [-0.4, -0.2) is 29.0 Å². The minimum Gasteiger partial charge on any atom is -0.381 e. The highest BCUT2D eigenvalue weighted by atomic mass is 16.5. The lowest BCUT2D eigenvalue weighted by atomic mass is 9.88. The van der Waals surface area contributed by atoms with E-state index in [4.69, 9.17) is 10.6 Å². The molecule has 1 unspecified atom stereocenters. The van der Waals surface area contributed by atoms with Crippen LogP contribution in [0.3, 0.4) is 0 Å². The first-order valence-electron chi connectivity index (χ1n) is 7.16. The van der Waals surface area contributed by atoms with Crippen LogP contribution >= 0.6 is 0 Å². The summed E-state index contributed by atoms with van der Waals surface area (Å²) >= 11 is 0. The number of ether oxygens (including phenoxy) is 1. The molecule has 2 heterocycles. The van der Waals surface area contributed by atoms with Gasteiger partial charge in [0.2, 0.25) is 0 Å². The molecule has 0 radical (unpaired) electrons. The van der Waals surface area contributed by atoms with Crippen molar-refractivity contribution in [3.63, 3.8) is 0 Å². The second-order valence-electron chi connectivity index (χ2n) is 5.53. The van der Waals surface area contributed by atoms with Crippen molar-refractivity contribution in [2.24, 2.45) is 18.8 Å². The fraction of sp³-hybridized carbons (Fsp3) is 0.786. The van der Waals surface area contributed by atoms with Crippen molar-refractivity contribution in [2.75, 3.05) is 13.2 Å². The Morgan fingerprint density at radius 1 is 1.42 bits per heavy atom. The molecule has 0 bridgehead atoms. The fourth-order valence-electron chi connectivity index (χ4n) is 3.05. The van der Waals surface area contributed by atoms with Gasteiger partial charge in [-0.3, -0.25) is 16.0 Å². The molecule has 1 saturated heterocycles. The molecule has 0 aliphatic carbocycles. The summed E-state index contributed by atoms with van der Waals surface area (Å²) < 4.78 is 7.38. The third-order valence-corrected chi connectivity index (χ3v) is 4.41. The van der Waals surface area contributed by atoms with Crippen LogP contribution in [0.4, 0.5) is 0 Å². The van der Waals surface area contributed by atoms with Gasteiger partial charge < -0.3 is 4.74 Å². The van der Waals surface area contributed by atoms with Gasteiger partial charge in [-0.05, 0) is 51.0 Å². The Bertz CT molecular complexity index is 410. The lowest BCUT2D eigenvalue weighted by Crippen LogP contribution is -2.43. The van der Waals surface area contributed by atoms with Gasteiger partial charge in [0, 0.05) is 32.0 Å². The molecular formula is C14H26N4O. The summed E-state index contributed by atoms with van der Waals surface area (Å²) in [5.74, 6) is 6.37. The molecule has 0 aromatic carbocycles. The molecule has 0 spiro atoms. The first kappa shape index (κ1) is 14.5. The number of hydrazine groups is 1. The highest BCUT2D eigenvalue weighted by Crippen LogP contribution is 2.23. The van der Waals surface area contributed by atoms with Crippen LogP contribution in [0, 0.1) is 19.8 Å². The first-order chi connectivity index (χ1) is 9.13. The van der Waals surface area contributed by atoms with E-state index >= 15 is 0 Å². The summed E-state index contributed by atoms with van der Waals surface area (Å²) in [5, 5.41) is 4.47. The van der Waals surface area contributed by atoms with E-state index in [1.807, 2.05) is 11.7 Å². The number of hydrogen-bond acceptors (Lipinski definition) is 4. The van der Waals surface area contributed by atoms with E-state index in [-0.39, 0.29) is 0 Å². The van der Waals surface area contributed by atoms with Gasteiger partial charge in [-0.25, -0.2) is 0 Å². The maximum atomic E-state index is 5.74. The van der Waals surface area contributed by atoms with Crippen molar-refractivity contribution in [2.45, 2.75) is 45.6 Å². The lowest BCUT2D eigenvalue weighted by Gasteiger charge is -2.29. The molecule has 0 amide bonds. The second-order valence-corrected chi connectivity index (χ2v) is 5.53. The van der Waals surface area contributed by atoms with E-state index in [1.54, 1.807) is 0 Å². The molecule has 5 nitrogen and oxygen atoms in total. The number of aromatic nitrogens is 2. The predicted molar refractivity (Wildman–Crippen MR) is 75.7 cm³/mol. The molecule has 5 heteroatoms. The topological polar surface area (TPSA) is 65.1 Å². The van der Waals surface area contributed by atoms with E-state index in [9.17, 15) is 0 Å². The number of aryl methyl sites for hydroxylation is 2. The Labute approximate surface area is 115 Å². The normalized spacial score (nSPS) is 18.7. The summed E-state index contributed by atoms with van der Waals surface area (Å²) in [7, 11) is 2.00. The molecule has 2 rings (SSSR count). The van der Waals surface area contributed by atoms with Gasteiger partial charge in [0.1, 0.15) is 0 Å². The molecule has 19 heavy (non-hydrogen) atoms. The molecule has 3 N–H and O–H groups in total. The van der Waals surface area contributed by atoms with Gasteiger partial charge in [-0.15, -0.1) is 0 Å². The van der Waals surface area contributed by atoms with E-state index in [0.29, 0.717) is 12.0 Å². The zero-order valence-corrected chi connectivity index (χ0v) is 12.3. The summed E-state index contributed by atoms with van der Waals surface area (Å²) in [6, 6.07) is 0.378. The Morgan fingerprint density at radius 2 is 2.11 bits per heavy atom. The maximum Gasteiger partial charge on any atom is 0.0628 e. The molecule has 1 aromatic heterocycles. The Morgan fingerprint density at radius 3 is 2.63 bits per heavy atom. The third-order valence-electron chi connectivity index (χ3n) is 4.41. The smallest absolute Gasteiger partial charge is 0.0628 e. The van der Waals surface area contributed by atoms with Crippen molar-refractivity contribution < 1.29 is 4.74 Å². The van der Waals surface area contributed by atoms with Crippen molar-refractivity contribution in [1.29, 1.82) is 0 Å². The van der Waals surface area contributed by atoms with Gasteiger partial charge in [-0.1, -0.05) is 0 Å². The molecule has 1 aromatic rings. The summed E-state index contributed by atoms with van der Waals surface area (Å²) in [4.78, 5) is 0. The molecule has 0 saturated carbocycles. The van der Waals surface area contributed by atoms with Crippen molar-refractivity contribution in [3.05, 3.63) is 17.0 Å². The van der Waals surface area contributed by atoms with Crippen molar-refractivity contribution >= 4 is 0 Å². The van der Waals surface area contributed by atoms with Crippen LogP contribution < -0.4 is 11.3 Å². The summed E-state index contributed by atoms with van der Waals surface area (Å²) in [5.41, 5.74) is 6.78. The molecule has 1 aliphatic heterocycles. The van der Waals surface area contributed by atoms with E-state index < -0.39 is 0 Å². The molecule has 1 aliphatic rings. The Kier molecular flexibility index (Phi) is 4.96. The van der Waals surface area contributed by atoms with Gasteiger partial charge in [0.15, 0.2) is 0 Å². The van der Waals surface area contributed by atoms with Gasteiger partial charge in [-0.2, -0.15) is 5.10 Å². The van der Waals surface area contributed by atoms with Gasteiger partial charge in [0.25, 0.3) is 0 Å². The molecular weight excluding hydrogens is 240 g/mol. The average Bonchev–Trinajstić information content (AvgIpc) is 2.66. The predicted octanol–water partition coefficient (Wildman–Crippen LogP) is 1.23. The van der Waals surface area contributed by atoms with Crippen LogP contribution in [0.5, 0.6) is 0 Å². The molecule has 108 valence electrons. The van der Waals surface area contributed by atoms with Gasteiger partial charge >= 0.3 is 0 Å².